The van der Waals surface area contributed by atoms with Gasteiger partial charge in [-0.05, 0) is 49.3 Å². The molecular formula is C22H29N3O3. The number of nitrogens with one attached hydrogen (secondary N) is 1. The van der Waals surface area contributed by atoms with Gasteiger partial charge in [0.25, 0.3) is 0 Å². The van der Waals surface area contributed by atoms with Crippen LogP contribution < -0.4 is 14.8 Å². The summed E-state index contributed by atoms with van der Waals surface area (Å²) in [5.41, 5.74) is 0.493. The number of ether oxygens (including phenoxy) is 2. The van der Waals surface area contributed by atoms with E-state index >= 15 is 0 Å². The molecule has 1 aromatic carbocycles. The number of benzene rings is 1. The van der Waals surface area contributed by atoms with Crippen molar-refractivity contribution >= 4 is 5.91 Å². The van der Waals surface area contributed by atoms with Crippen molar-refractivity contribution in [2.45, 2.75) is 50.0 Å². The first-order chi connectivity index (χ1) is 13.6. The van der Waals surface area contributed by atoms with Crippen LogP contribution in [0.25, 0.3) is 0 Å². The van der Waals surface area contributed by atoms with Crippen molar-refractivity contribution in [3.63, 3.8) is 0 Å². The Morgan fingerprint density at radius 3 is 2.50 bits per heavy atom. The molecule has 4 rings (SSSR count). The van der Waals surface area contributed by atoms with E-state index in [0.29, 0.717) is 17.4 Å². The number of methoxy groups -OCH3 is 2. The Bertz CT molecular complexity index is 850. The lowest BCUT2D eigenvalue weighted by Crippen LogP contribution is -2.45. The van der Waals surface area contributed by atoms with Gasteiger partial charge in [-0.25, -0.2) is 4.98 Å². The molecule has 6 heteroatoms. The third-order valence-electron chi connectivity index (χ3n) is 6.34. The molecule has 2 fully saturated rings. The number of hydrogen-bond acceptors (Lipinski definition) is 4. The second-order valence-electron chi connectivity index (χ2n) is 8.04. The van der Waals surface area contributed by atoms with Crippen molar-refractivity contribution in [3.8, 4) is 11.5 Å². The number of carbonyl (C=O) groups is 1. The summed E-state index contributed by atoms with van der Waals surface area (Å²) < 4.78 is 12.9. The van der Waals surface area contributed by atoms with Gasteiger partial charge in [0, 0.05) is 19.4 Å². The van der Waals surface area contributed by atoms with Gasteiger partial charge in [-0.1, -0.05) is 18.9 Å². The first kappa shape index (κ1) is 18.8. The summed E-state index contributed by atoms with van der Waals surface area (Å²) in [7, 11) is 5.25. The molecule has 2 saturated carbocycles. The van der Waals surface area contributed by atoms with E-state index in [4.69, 9.17) is 9.47 Å². The van der Waals surface area contributed by atoms with E-state index in [2.05, 4.69) is 10.3 Å². The second kappa shape index (κ2) is 7.49. The lowest BCUT2D eigenvalue weighted by molar-refractivity contribution is -0.127. The summed E-state index contributed by atoms with van der Waals surface area (Å²) in [6, 6.07) is 5.86. The quantitative estimate of drug-likeness (QED) is 0.795. The van der Waals surface area contributed by atoms with Crippen LogP contribution in [0.2, 0.25) is 0 Å². The van der Waals surface area contributed by atoms with Crippen LogP contribution in [0, 0.1) is 5.92 Å². The summed E-state index contributed by atoms with van der Waals surface area (Å²) in [6.45, 7) is 0. The van der Waals surface area contributed by atoms with Crippen molar-refractivity contribution in [1.82, 2.24) is 14.9 Å². The minimum absolute atomic E-state index is 0.0230. The van der Waals surface area contributed by atoms with Gasteiger partial charge in [-0.3, -0.25) is 4.79 Å². The fourth-order valence-corrected chi connectivity index (χ4v) is 4.54. The lowest BCUT2D eigenvalue weighted by Gasteiger charge is -2.31. The maximum absolute atomic E-state index is 13.7. The average Bonchev–Trinajstić information content (AvgIpc) is 3.27. The Morgan fingerprint density at radius 2 is 1.93 bits per heavy atom. The smallest absolute Gasteiger partial charge is 0.231 e. The Labute approximate surface area is 166 Å². The fourth-order valence-electron chi connectivity index (χ4n) is 4.54. The van der Waals surface area contributed by atoms with E-state index in [9.17, 15) is 4.79 Å². The number of amides is 1. The van der Waals surface area contributed by atoms with Crippen LogP contribution in [-0.2, 0) is 17.3 Å². The van der Waals surface area contributed by atoms with Crippen LogP contribution in [-0.4, -0.2) is 29.7 Å². The Hall–Kier alpha value is -2.50. The van der Waals surface area contributed by atoms with Gasteiger partial charge in [0.1, 0.15) is 5.82 Å². The van der Waals surface area contributed by atoms with Gasteiger partial charge in [0.05, 0.1) is 25.7 Å². The third kappa shape index (κ3) is 3.25. The highest BCUT2D eigenvalue weighted by molar-refractivity contribution is 5.89. The summed E-state index contributed by atoms with van der Waals surface area (Å²) in [6.07, 6.45) is 9.84. The highest BCUT2D eigenvalue weighted by Crippen LogP contribution is 2.46. The third-order valence-corrected chi connectivity index (χ3v) is 6.34. The van der Waals surface area contributed by atoms with Gasteiger partial charge in [-0.2, -0.15) is 0 Å². The molecule has 1 aromatic heterocycles. The number of carbonyl (C=O) groups excluding carboxylic acids is 1. The first-order valence-corrected chi connectivity index (χ1v) is 10.1. The second-order valence-corrected chi connectivity index (χ2v) is 8.04. The van der Waals surface area contributed by atoms with Crippen LogP contribution in [0.3, 0.4) is 0 Å². The molecule has 0 saturated heterocycles. The van der Waals surface area contributed by atoms with E-state index in [1.807, 2.05) is 36.0 Å². The van der Waals surface area contributed by atoms with E-state index in [-0.39, 0.29) is 11.9 Å². The molecule has 2 aromatic rings. The highest BCUT2D eigenvalue weighted by Gasteiger charge is 2.46. The fraction of sp³-hybridized carbons (Fsp3) is 0.545. The van der Waals surface area contributed by atoms with Crippen LogP contribution >= 0.6 is 0 Å². The standard InChI is InChI=1S/C22H29N3O3/c1-25-13-12-23-20(25)19(15-6-7-15)24-21(26)22(10-4-5-11-22)16-8-9-17(27-2)18(14-16)28-3/h8-9,12-15,19H,4-7,10-11H2,1-3H3,(H,24,26)/t19-/m0/s1. The maximum atomic E-state index is 13.7. The van der Waals surface area contributed by atoms with Crippen LogP contribution in [0.5, 0.6) is 11.5 Å². The van der Waals surface area contributed by atoms with E-state index in [1.165, 1.54) is 0 Å². The van der Waals surface area contributed by atoms with Crippen LogP contribution in [0.4, 0.5) is 0 Å². The lowest BCUT2D eigenvalue weighted by atomic mass is 9.77. The number of nitrogens with zero attached hydrogens (tertiary/aromatic N) is 2. The number of imidazole rings is 1. The van der Waals surface area contributed by atoms with Crippen LogP contribution in [0.1, 0.15) is 56.0 Å². The molecule has 6 nitrogen and oxygen atoms in total. The van der Waals surface area contributed by atoms with Gasteiger partial charge in [0.2, 0.25) is 5.91 Å². The number of aromatic nitrogens is 2. The zero-order valence-electron chi connectivity index (χ0n) is 16.9. The summed E-state index contributed by atoms with van der Waals surface area (Å²) in [5.74, 6) is 2.88. The van der Waals surface area contributed by atoms with Crippen LogP contribution in [0.15, 0.2) is 30.6 Å². The molecule has 0 aliphatic heterocycles. The molecule has 2 aliphatic rings. The van der Waals surface area contributed by atoms with E-state index < -0.39 is 5.41 Å². The Morgan fingerprint density at radius 1 is 1.21 bits per heavy atom. The monoisotopic (exact) mass is 383 g/mol. The molecule has 28 heavy (non-hydrogen) atoms. The van der Waals surface area contributed by atoms with Gasteiger partial charge in [-0.15, -0.1) is 0 Å². The molecular weight excluding hydrogens is 354 g/mol. The molecule has 0 unspecified atom stereocenters. The zero-order valence-corrected chi connectivity index (χ0v) is 16.9. The van der Waals surface area contributed by atoms with E-state index in [1.54, 1.807) is 20.4 Å². The molecule has 1 N–H and O–H groups in total. The average molecular weight is 383 g/mol. The van der Waals surface area contributed by atoms with E-state index in [0.717, 1.165) is 49.9 Å². The highest BCUT2D eigenvalue weighted by atomic mass is 16.5. The van der Waals surface area contributed by atoms with Gasteiger partial charge < -0.3 is 19.4 Å². The molecule has 1 heterocycles. The van der Waals surface area contributed by atoms with Crippen molar-refractivity contribution in [3.05, 3.63) is 42.0 Å². The minimum Gasteiger partial charge on any atom is -0.493 e. The molecule has 1 amide bonds. The van der Waals surface area contributed by atoms with Crippen molar-refractivity contribution in [2.24, 2.45) is 13.0 Å². The van der Waals surface area contributed by atoms with Gasteiger partial charge in [0.15, 0.2) is 11.5 Å². The van der Waals surface area contributed by atoms with Crippen molar-refractivity contribution in [2.75, 3.05) is 14.2 Å². The Balaban J connectivity index is 1.65. The Kier molecular flexibility index (Phi) is 5.04. The summed E-state index contributed by atoms with van der Waals surface area (Å²) in [5, 5.41) is 3.38. The number of rotatable bonds is 7. The molecule has 1 atom stereocenters. The topological polar surface area (TPSA) is 65.4 Å². The van der Waals surface area contributed by atoms with Crippen molar-refractivity contribution in [1.29, 1.82) is 0 Å². The largest absolute Gasteiger partial charge is 0.493 e. The molecule has 0 radical (unpaired) electrons. The SMILES string of the molecule is COc1ccc(C2(C(=O)N[C@H](c3nccn3C)C3CC3)CCCC2)cc1OC. The first-order valence-electron chi connectivity index (χ1n) is 10.1. The summed E-state index contributed by atoms with van der Waals surface area (Å²) >= 11 is 0. The number of hydrogen-bond donors (Lipinski definition) is 1. The van der Waals surface area contributed by atoms with Crippen molar-refractivity contribution < 1.29 is 14.3 Å². The number of aryl methyl sites for hydroxylation is 1. The predicted molar refractivity (Wildman–Crippen MR) is 107 cm³/mol. The molecule has 150 valence electrons. The minimum atomic E-state index is -0.516. The summed E-state index contributed by atoms with van der Waals surface area (Å²) in [4.78, 5) is 18.2. The maximum Gasteiger partial charge on any atom is 0.231 e. The molecule has 0 spiro atoms. The van der Waals surface area contributed by atoms with Gasteiger partial charge >= 0.3 is 0 Å². The molecule has 2 aliphatic carbocycles. The normalized spacial score (nSPS) is 19.2. The zero-order chi connectivity index (χ0) is 19.7. The molecule has 0 bridgehead atoms. The predicted octanol–water partition coefficient (Wildman–Crippen LogP) is 3.52.